The summed E-state index contributed by atoms with van der Waals surface area (Å²) in [5.41, 5.74) is 0.984. The summed E-state index contributed by atoms with van der Waals surface area (Å²) in [5.74, 6) is -1.23. The molecule has 1 heterocycles. The fraction of sp³-hybridized carbons (Fsp3) is 0.286. The Bertz CT molecular complexity index is 834. The van der Waals surface area contributed by atoms with Crippen molar-refractivity contribution in [1.82, 2.24) is 0 Å². The van der Waals surface area contributed by atoms with Crippen LogP contribution in [0.25, 0.3) is 0 Å². The molecular formula is C21H20O7. The summed E-state index contributed by atoms with van der Waals surface area (Å²) < 4.78 is 20.5. The van der Waals surface area contributed by atoms with Gasteiger partial charge in [0.25, 0.3) is 0 Å². The van der Waals surface area contributed by atoms with Gasteiger partial charge in [-0.15, -0.1) is 0 Å². The predicted molar refractivity (Wildman–Crippen MR) is 98.4 cm³/mol. The van der Waals surface area contributed by atoms with Gasteiger partial charge in [-0.05, 0) is 61.4 Å². The number of hydrogen-bond donors (Lipinski definition) is 0. The van der Waals surface area contributed by atoms with Gasteiger partial charge >= 0.3 is 17.9 Å². The van der Waals surface area contributed by atoms with Crippen LogP contribution in [-0.4, -0.2) is 44.3 Å². The molecule has 1 fully saturated rings. The first-order valence-electron chi connectivity index (χ1n) is 8.86. The lowest BCUT2D eigenvalue weighted by molar-refractivity contribution is 0.0161. The normalized spacial score (nSPS) is 15.7. The van der Waals surface area contributed by atoms with Gasteiger partial charge in [-0.1, -0.05) is 0 Å². The SMILES string of the molecule is COC(=O)c1ccc(C(=O)Oc2ccc(C(=O)OCC3CCCO3)cc2)cc1. The minimum absolute atomic E-state index is 0.0326. The van der Waals surface area contributed by atoms with E-state index in [0.717, 1.165) is 12.8 Å². The van der Waals surface area contributed by atoms with E-state index in [-0.39, 0.29) is 24.0 Å². The van der Waals surface area contributed by atoms with Crippen LogP contribution in [0.15, 0.2) is 48.5 Å². The maximum absolute atomic E-state index is 12.2. The Morgan fingerprint density at radius 3 is 2.04 bits per heavy atom. The third-order valence-electron chi connectivity index (χ3n) is 4.27. The molecule has 7 nitrogen and oxygen atoms in total. The molecule has 0 saturated carbocycles. The Morgan fingerprint density at radius 1 is 0.893 bits per heavy atom. The molecule has 2 aromatic carbocycles. The van der Waals surface area contributed by atoms with Crippen molar-refractivity contribution in [2.24, 2.45) is 0 Å². The fourth-order valence-corrected chi connectivity index (χ4v) is 2.71. The van der Waals surface area contributed by atoms with E-state index in [0.29, 0.717) is 17.7 Å². The molecule has 1 saturated heterocycles. The van der Waals surface area contributed by atoms with Crippen molar-refractivity contribution in [3.63, 3.8) is 0 Å². The van der Waals surface area contributed by atoms with E-state index in [4.69, 9.17) is 14.2 Å². The molecule has 0 aliphatic carbocycles. The molecule has 1 aliphatic rings. The standard InChI is InChI=1S/C21H20O7/c1-25-19(22)14-4-6-16(7-5-14)21(24)28-17-10-8-15(9-11-17)20(23)27-13-18-3-2-12-26-18/h4-11,18H,2-3,12-13H2,1H3. The van der Waals surface area contributed by atoms with Crippen molar-refractivity contribution in [3.8, 4) is 5.75 Å². The number of esters is 3. The largest absolute Gasteiger partial charge is 0.465 e. The first kappa shape index (κ1) is 19.6. The summed E-state index contributed by atoms with van der Waals surface area (Å²) in [4.78, 5) is 35.6. The molecule has 2 aromatic rings. The highest BCUT2D eigenvalue weighted by Gasteiger charge is 2.18. The summed E-state index contributed by atoms with van der Waals surface area (Å²) in [5, 5.41) is 0. The molecule has 28 heavy (non-hydrogen) atoms. The van der Waals surface area contributed by atoms with Crippen LogP contribution in [0.2, 0.25) is 0 Å². The van der Waals surface area contributed by atoms with Crippen molar-refractivity contribution in [2.45, 2.75) is 18.9 Å². The zero-order valence-corrected chi connectivity index (χ0v) is 15.4. The molecular weight excluding hydrogens is 364 g/mol. The minimum atomic E-state index is -0.579. The van der Waals surface area contributed by atoms with Crippen molar-refractivity contribution >= 4 is 17.9 Å². The van der Waals surface area contributed by atoms with E-state index in [2.05, 4.69) is 4.74 Å². The first-order chi connectivity index (χ1) is 13.6. The highest BCUT2D eigenvalue weighted by Crippen LogP contribution is 2.17. The van der Waals surface area contributed by atoms with Crippen LogP contribution in [0.5, 0.6) is 5.75 Å². The van der Waals surface area contributed by atoms with Crippen LogP contribution in [0.3, 0.4) is 0 Å². The number of ether oxygens (including phenoxy) is 4. The molecule has 0 amide bonds. The van der Waals surface area contributed by atoms with E-state index in [9.17, 15) is 14.4 Å². The van der Waals surface area contributed by atoms with Gasteiger partial charge in [0.15, 0.2) is 0 Å². The van der Waals surface area contributed by atoms with Gasteiger partial charge in [0.05, 0.1) is 29.9 Å². The molecule has 7 heteroatoms. The molecule has 0 N–H and O–H groups in total. The Labute approximate surface area is 162 Å². The molecule has 3 rings (SSSR count). The second kappa shape index (κ2) is 9.14. The minimum Gasteiger partial charge on any atom is -0.465 e. The number of methoxy groups -OCH3 is 1. The Balaban J connectivity index is 1.55. The number of hydrogen-bond acceptors (Lipinski definition) is 7. The zero-order valence-electron chi connectivity index (χ0n) is 15.4. The third-order valence-corrected chi connectivity index (χ3v) is 4.27. The molecule has 0 aromatic heterocycles. The number of carbonyl (C=O) groups is 3. The summed E-state index contributed by atoms with van der Waals surface area (Å²) >= 11 is 0. The van der Waals surface area contributed by atoms with Gasteiger partial charge in [0, 0.05) is 6.61 Å². The zero-order chi connectivity index (χ0) is 19.9. The summed E-state index contributed by atoms with van der Waals surface area (Å²) in [6.45, 7) is 0.935. The van der Waals surface area contributed by atoms with Crippen molar-refractivity contribution < 1.29 is 33.3 Å². The summed E-state index contributed by atoms with van der Waals surface area (Å²) in [6.07, 6.45) is 1.84. The number of carbonyl (C=O) groups excluding carboxylic acids is 3. The van der Waals surface area contributed by atoms with E-state index < -0.39 is 17.9 Å². The van der Waals surface area contributed by atoms with Crippen LogP contribution in [0.1, 0.15) is 43.9 Å². The monoisotopic (exact) mass is 384 g/mol. The molecule has 146 valence electrons. The maximum atomic E-state index is 12.2. The average molecular weight is 384 g/mol. The van der Waals surface area contributed by atoms with Crippen LogP contribution < -0.4 is 4.74 Å². The Morgan fingerprint density at radius 2 is 1.46 bits per heavy atom. The molecule has 1 atom stereocenters. The third kappa shape index (κ3) is 4.95. The van der Waals surface area contributed by atoms with Gasteiger partial charge < -0.3 is 18.9 Å². The van der Waals surface area contributed by atoms with Gasteiger partial charge in [-0.3, -0.25) is 0 Å². The lowest BCUT2D eigenvalue weighted by Crippen LogP contribution is -2.17. The molecule has 0 bridgehead atoms. The van der Waals surface area contributed by atoms with E-state index in [1.165, 1.54) is 55.6 Å². The van der Waals surface area contributed by atoms with E-state index in [1.54, 1.807) is 0 Å². The van der Waals surface area contributed by atoms with E-state index in [1.807, 2.05) is 0 Å². The van der Waals surface area contributed by atoms with Gasteiger partial charge in [-0.25, -0.2) is 14.4 Å². The summed E-state index contributed by atoms with van der Waals surface area (Å²) in [7, 11) is 1.28. The van der Waals surface area contributed by atoms with Gasteiger partial charge in [-0.2, -0.15) is 0 Å². The highest BCUT2D eigenvalue weighted by molar-refractivity contribution is 5.94. The first-order valence-corrected chi connectivity index (χ1v) is 8.86. The lowest BCUT2D eigenvalue weighted by Gasteiger charge is -2.10. The topological polar surface area (TPSA) is 88.1 Å². The fourth-order valence-electron chi connectivity index (χ4n) is 2.71. The van der Waals surface area contributed by atoms with Crippen LogP contribution in [0, 0.1) is 0 Å². The van der Waals surface area contributed by atoms with Crippen molar-refractivity contribution in [3.05, 3.63) is 65.2 Å². The number of rotatable bonds is 6. The van der Waals surface area contributed by atoms with Gasteiger partial charge in [0.2, 0.25) is 0 Å². The predicted octanol–water partition coefficient (Wildman–Crippen LogP) is 3.03. The Hall–Kier alpha value is -3.19. The quantitative estimate of drug-likeness (QED) is 0.559. The van der Waals surface area contributed by atoms with Crippen molar-refractivity contribution in [1.29, 1.82) is 0 Å². The molecule has 0 radical (unpaired) electrons. The van der Waals surface area contributed by atoms with E-state index >= 15 is 0 Å². The van der Waals surface area contributed by atoms with Crippen LogP contribution in [-0.2, 0) is 14.2 Å². The second-order valence-electron chi connectivity index (χ2n) is 6.22. The molecule has 0 spiro atoms. The second-order valence-corrected chi connectivity index (χ2v) is 6.22. The maximum Gasteiger partial charge on any atom is 0.343 e. The highest BCUT2D eigenvalue weighted by atomic mass is 16.6. The lowest BCUT2D eigenvalue weighted by atomic mass is 10.1. The van der Waals surface area contributed by atoms with Crippen LogP contribution >= 0.6 is 0 Å². The smallest absolute Gasteiger partial charge is 0.343 e. The molecule has 1 aliphatic heterocycles. The van der Waals surface area contributed by atoms with Gasteiger partial charge in [0.1, 0.15) is 12.4 Å². The Kier molecular flexibility index (Phi) is 6.39. The number of benzene rings is 2. The van der Waals surface area contributed by atoms with Crippen molar-refractivity contribution in [2.75, 3.05) is 20.3 Å². The average Bonchev–Trinajstić information content (AvgIpc) is 3.25. The van der Waals surface area contributed by atoms with Crippen LogP contribution in [0.4, 0.5) is 0 Å². The molecule has 1 unspecified atom stereocenters. The summed E-state index contributed by atoms with van der Waals surface area (Å²) in [6, 6.07) is 12.0.